The zero-order valence-corrected chi connectivity index (χ0v) is 17.6. The summed E-state index contributed by atoms with van der Waals surface area (Å²) in [5.74, 6) is -0.308. The number of aryl methyl sites for hydroxylation is 1. The van der Waals surface area contributed by atoms with E-state index in [0.717, 1.165) is 27.7 Å². The molecule has 0 N–H and O–H groups in total. The second-order valence-electron chi connectivity index (χ2n) is 7.64. The Hall–Kier alpha value is -3.99. The van der Waals surface area contributed by atoms with Crippen LogP contribution in [0.3, 0.4) is 0 Å². The van der Waals surface area contributed by atoms with Crippen molar-refractivity contribution in [2.24, 2.45) is 0 Å². The molecule has 4 aromatic rings. The summed E-state index contributed by atoms with van der Waals surface area (Å²) in [6.07, 6.45) is 5.68. The number of hydrogen-bond donors (Lipinski definition) is 0. The van der Waals surface area contributed by atoms with Crippen LogP contribution in [0.15, 0.2) is 66.9 Å². The number of nitrogens with zero attached hydrogens (tertiary/aromatic N) is 3. The second-order valence-corrected chi connectivity index (χ2v) is 7.64. The third-order valence-corrected chi connectivity index (χ3v) is 5.82. The van der Waals surface area contributed by atoms with E-state index < -0.39 is 0 Å². The van der Waals surface area contributed by atoms with Crippen LogP contribution in [0.25, 0.3) is 22.7 Å². The number of hydrogen-bond acceptors (Lipinski definition) is 3. The number of aromatic nitrogens is 2. The van der Waals surface area contributed by atoms with Crippen LogP contribution in [-0.2, 0) is 0 Å². The van der Waals surface area contributed by atoms with E-state index >= 15 is 0 Å². The molecule has 0 fully saturated rings. The van der Waals surface area contributed by atoms with Gasteiger partial charge in [-0.2, -0.15) is 0 Å². The number of carbonyl (C=O) groups excluding carboxylic acids is 2. The molecule has 0 saturated carbocycles. The minimum Gasteiger partial charge on any atom is -0.312 e. The van der Waals surface area contributed by atoms with Crippen molar-refractivity contribution in [3.8, 4) is 5.69 Å². The van der Waals surface area contributed by atoms with Gasteiger partial charge in [-0.15, -0.1) is 0 Å². The van der Waals surface area contributed by atoms with Crippen molar-refractivity contribution in [2.75, 3.05) is 4.90 Å². The average Bonchev–Trinajstić information content (AvgIpc) is 3.20. The molecule has 152 valence electrons. The van der Waals surface area contributed by atoms with Crippen LogP contribution in [-0.4, -0.2) is 21.4 Å². The quantitative estimate of drug-likeness (QED) is 0.423. The number of imide groups is 1. The van der Waals surface area contributed by atoms with E-state index in [0.29, 0.717) is 22.6 Å². The monoisotopic (exact) mass is 407 g/mol. The molecule has 2 amide bonds. The maximum atomic E-state index is 13.6. The summed E-state index contributed by atoms with van der Waals surface area (Å²) in [6, 6.07) is 17.2. The summed E-state index contributed by atoms with van der Waals surface area (Å²) in [7, 11) is 0. The maximum Gasteiger partial charge on any atom is 0.269 e. The minimum absolute atomic E-state index is 0.341. The van der Waals surface area contributed by atoms with Gasteiger partial charge in [0, 0.05) is 22.8 Å². The molecule has 1 aliphatic rings. The Labute approximate surface area is 180 Å². The molecule has 0 saturated heterocycles. The summed E-state index contributed by atoms with van der Waals surface area (Å²) >= 11 is 0. The molecule has 5 nitrogen and oxygen atoms in total. The largest absolute Gasteiger partial charge is 0.312 e. The fourth-order valence-corrected chi connectivity index (χ4v) is 4.44. The normalized spacial score (nSPS) is 13.6. The van der Waals surface area contributed by atoms with E-state index in [4.69, 9.17) is 0 Å². The molecular formula is C26H21N3O2. The summed E-state index contributed by atoms with van der Waals surface area (Å²) < 4.78 is 2.07. The topological polar surface area (TPSA) is 55.2 Å². The lowest BCUT2D eigenvalue weighted by molar-refractivity contribution is 0.0925. The number of para-hydroxylation sites is 1. The fourth-order valence-electron chi connectivity index (χ4n) is 4.44. The second kappa shape index (κ2) is 7.06. The standard InChI is InChI=1S/C26H21N3O2/c1-4-9-18-17(3)28(21-13-6-5-11-19(18)21)22-14-7-12-20-23(22)26(31)29(25(20)30)24-16(2)10-8-15-27-24/h4-15H,1-3H3/b9-4-. The lowest BCUT2D eigenvalue weighted by Crippen LogP contribution is -2.31. The van der Waals surface area contributed by atoms with Gasteiger partial charge in [0.2, 0.25) is 0 Å². The molecule has 0 unspecified atom stereocenters. The van der Waals surface area contributed by atoms with Crippen LogP contribution in [0, 0.1) is 13.8 Å². The Morgan fingerprint density at radius 2 is 1.71 bits per heavy atom. The summed E-state index contributed by atoms with van der Waals surface area (Å²) in [5.41, 5.74) is 5.40. The molecular weight excluding hydrogens is 386 g/mol. The van der Waals surface area contributed by atoms with Gasteiger partial charge in [-0.05, 0) is 50.6 Å². The van der Waals surface area contributed by atoms with Gasteiger partial charge in [-0.3, -0.25) is 9.59 Å². The summed E-state index contributed by atoms with van der Waals surface area (Å²) in [6.45, 7) is 5.87. The number of pyridine rings is 1. The molecule has 0 atom stereocenters. The van der Waals surface area contributed by atoms with Gasteiger partial charge in [-0.25, -0.2) is 9.88 Å². The lowest BCUT2D eigenvalue weighted by Gasteiger charge is -2.15. The van der Waals surface area contributed by atoms with Crippen LogP contribution >= 0.6 is 0 Å². The average molecular weight is 407 g/mol. The molecule has 0 radical (unpaired) electrons. The zero-order valence-electron chi connectivity index (χ0n) is 17.6. The molecule has 2 aromatic carbocycles. The number of rotatable bonds is 3. The first kappa shape index (κ1) is 19.0. The highest BCUT2D eigenvalue weighted by Crippen LogP contribution is 2.36. The number of fused-ring (bicyclic) bond motifs is 2. The van der Waals surface area contributed by atoms with E-state index in [1.54, 1.807) is 18.3 Å². The van der Waals surface area contributed by atoms with Gasteiger partial charge in [-0.1, -0.05) is 42.5 Å². The number of amides is 2. The molecule has 3 heterocycles. The van der Waals surface area contributed by atoms with E-state index in [1.165, 1.54) is 4.90 Å². The number of anilines is 1. The summed E-state index contributed by atoms with van der Waals surface area (Å²) in [5, 5.41) is 1.10. The number of allylic oxidation sites excluding steroid dienone is 1. The maximum absolute atomic E-state index is 13.6. The summed E-state index contributed by atoms with van der Waals surface area (Å²) in [4.78, 5) is 32.3. The van der Waals surface area contributed by atoms with Gasteiger partial charge < -0.3 is 4.57 Å². The van der Waals surface area contributed by atoms with Crippen molar-refractivity contribution in [1.29, 1.82) is 0 Å². The molecule has 5 rings (SSSR count). The van der Waals surface area contributed by atoms with Crippen molar-refractivity contribution in [1.82, 2.24) is 9.55 Å². The predicted octanol–water partition coefficient (Wildman–Crippen LogP) is 5.48. The molecule has 5 heteroatoms. The number of carbonyl (C=O) groups is 2. The Morgan fingerprint density at radius 3 is 2.48 bits per heavy atom. The van der Waals surface area contributed by atoms with E-state index in [9.17, 15) is 9.59 Å². The van der Waals surface area contributed by atoms with Crippen LogP contribution in [0.2, 0.25) is 0 Å². The van der Waals surface area contributed by atoms with Crippen LogP contribution in [0.4, 0.5) is 5.82 Å². The van der Waals surface area contributed by atoms with Crippen molar-refractivity contribution in [2.45, 2.75) is 20.8 Å². The van der Waals surface area contributed by atoms with Crippen molar-refractivity contribution in [3.05, 3.63) is 94.8 Å². The predicted molar refractivity (Wildman–Crippen MR) is 123 cm³/mol. The van der Waals surface area contributed by atoms with Gasteiger partial charge in [0.15, 0.2) is 0 Å². The van der Waals surface area contributed by atoms with Gasteiger partial charge in [0.1, 0.15) is 5.82 Å². The molecule has 1 aliphatic heterocycles. The van der Waals surface area contributed by atoms with Gasteiger partial charge in [0.25, 0.3) is 11.8 Å². The third kappa shape index (κ3) is 2.66. The van der Waals surface area contributed by atoms with Crippen LogP contribution in [0.5, 0.6) is 0 Å². The van der Waals surface area contributed by atoms with E-state index in [2.05, 4.69) is 21.7 Å². The molecule has 0 aliphatic carbocycles. The van der Waals surface area contributed by atoms with E-state index in [1.807, 2.05) is 63.2 Å². The number of benzene rings is 2. The molecule has 2 aromatic heterocycles. The highest BCUT2D eigenvalue weighted by Gasteiger charge is 2.40. The Kier molecular flexibility index (Phi) is 4.33. The highest BCUT2D eigenvalue weighted by atomic mass is 16.2. The Morgan fingerprint density at radius 1 is 0.903 bits per heavy atom. The Balaban J connectivity index is 1.78. The lowest BCUT2D eigenvalue weighted by atomic mass is 10.1. The Bertz CT molecular complexity index is 1410. The molecule has 0 bridgehead atoms. The smallest absolute Gasteiger partial charge is 0.269 e. The van der Waals surface area contributed by atoms with Gasteiger partial charge >= 0.3 is 0 Å². The van der Waals surface area contributed by atoms with Crippen LogP contribution in [0.1, 0.15) is 44.5 Å². The first-order chi connectivity index (χ1) is 15.0. The van der Waals surface area contributed by atoms with Crippen molar-refractivity contribution in [3.63, 3.8) is 0 Å². The zero-order chi connectivity index (χ0) is 21.7. The molecule has 31 heavy (non-hydrogen) atoms. The van der Waals surface area contributed by atoms with Crippen molar-refractivity contribution >= 4 is 34.6 Å². The fraction of sp³-hybridized carbons (Fsp3) is 0.115. The van der Waals surface area contributed by atoms with Crippen molar-refractivity contribution < 1.29 is 9.59 Å². The van der Waals surface area contributed by atoms with E-state index in [-0.39, 0.29) is 11.8 Å². The van der Waals surface area contributed by atoms with Crippen LogP contribution < -0.4 is 4.90 Å². The molecule has 0 spiro atoms. The minimum atomic E-state index is -0.345. The SMILES string of the molecule is C/C=C\c1c(C)n(-c2cccc3c2C(=O)N(c2ncccc2C)C3=O)c2ccccc12. The first-order valence-electron chi connectivity index (χ1n) is 10.2. The first-order valence-corrected chi connectivity index (χ1v) is 10.2. The highest BCUT2D eigenvalue weighted by molar-refractivity contribution is 6.35. The van der Waals surface area contributed by atoms with Gasteiger partial charge in [0.05, 0.1) is 22.3 Å². The third-order valence-electron chi connectivity index (χ3n) is 5.82.